The molecule has 0 saturated heterocycles. The Labute approximate surface area is 137 Å². The van der Waals surface area contributed by atoms with Crippen molar-refractivity contribution in [2.24, 2.45) is 5.73 Å². The average Bonchev–Trinajstić information content (AvgIpc) is 2.50. The minimum Gasteiger partial charge on any atom is -0.483 e. The third-order valence-electron chi connectivity index (χ3n) is 3.61. The molecular formula is C17H23ClN2O2. The van der Waals surface area contributed by atoms with Gasteiger partial charge in [-0.2, -0.15) is 0 Å². The summed E-state index contributed by atoms with van der Waals surface area (Å²) in [5.74, 6) is 0.243. The third-order valence-corrected chi connectivity index (χ3v) is 3.61. The summed E-state index contributed by atoms with van der Waals surface area (Å²) in [5, 5.41) is 5.76. The summed E-state index contributed by atoms with van der Waals surface area (Å²) in [7, 11) is 0. The van der Waals surface area contributed by atoms with Gasteiger partial charge in [0, 0.05) is 18.2 Å². The van der Waals surface area contributed by atoms with Crippen LogP contribution in [0.1, 0.15) is 25.8 Å². The highest BCUT2D eigenvalue weighted by Crippen LogP contribution is 2.28. The van der Waals surface area contributed by atoms with Crippen LogP contribution in [0.15, 0.2) is 36.4 Å². The van der Waals surface area contributed by atoms with Crippen LogP contribution in [0.25, 0.3) is 10.8 Å². The third kappa shape index (κ3) is 4.61. The zero-order valence-electron chi connectivity index (χ0n) is 13.0. The Bertz CT molecular complexity index is 631. The van der Waals surface area contributed by atoms with Gasteiger partial charge in [0.05, 0.1) is 0 Å². The first-order valence-corrected chi connectivity index (χ1v) is 7.27. The van der Waals surface area contributed by atoms with E-state index in [1.165, 1.54) is 0 Å². The van der Waals surface area contributed by atoms with Crippen LogP contribution in [0.2, 0.25) is 0 Å². The van der Waals surface area contributed by atoms with Crippen molar-refractivity contribution in [2.75, 3.05) is 6.61 Å². The summed E-state index contributed by atoms with van der Waals surface area (Å²) in [6.07, 6.45) is 1.06. The molecule has 0 fully saturated rings. The van der Waals surface area contributed by atoms with Crippen molar-refractivity contribution in [3.63, 3.8) is 0 Å². The van der Waals surface area contributed by atoms with E-state index < -0.39 is 5.91 Å². The fourth-order valence-electron chi connectivity index (χ4n) is 2.20. The maximum absolute atomic E-state index is 10.9. The van der Waals surface area contributed by atoms with E-state index in [2.05, 4.69) is 31.3 Å². The van der Waals surface area contributed by atoms with Gasteiger partial charge in [-0.25, -0.2) is 0 Å². The van der Waals surface area contributed by atoms with Crippen LogP contribution in [-0.2, 0) is 11.3 Å². The molecule has 1 amide bonds. The zero-order chi connectivity index (χ0) is 15.2. The van der Waals surface area contributed by atoms with E-state index in [-0.39, 0.29) is 19.0 Å². The van der Waals surface area contributed by atoms with Gasteiger partial charge in [-0.1, -0.05) is 37.3 Å². The van der Waals surface area contributed by atoms with Crippen LogP contribution in [0.4, 0.5) is 0 Å². The second-order valence-electron chi connectivity index (χ2n) is 5.21. The predicted octanol–water partition coefficient (Wildman–Crippen LogP) is 3.01. The molecule has 2 aromatic rings. The molecule has 5 heteroatoms. The van der Waals surface area contributed by atoms with Crippen LogP contribution in [0.3, 0.4) is 0 Å². The zero-order valence-corrected chi connectivity index (χ0v) is 13.8. The second kappa shape index (κ2) is 8.61. The first kappa shape index (κ1) is 18.3. The number of primary amides is 1. The van der Waals surface area contributed by atoms with Crippen molar-refractivity contribution in [3.05, 3.63) is 42.0 Å². The van der Waals surface area contributed by atoms with Crippen molar-refractivity contribution in [2.45, 2.75) is 32.9 Å². The smallest absolute Gasteiger partial charge is 0.255 e. The molecular weight excluding hydrogens is 300 g/mol. The Morgan fingerprint density at radius 1 is 1.27 bits per heavy atom. The maximum atomic E-state index is 10.9. The molecule has 0 saturated carbocycles. The Morgan fingerprint density at radius 3 is 2.68 bits per heavy atom. The summed E-state index contributed by atoms with van der Waals surface area (Å²) in [6.45, 7) is 4.89. The Morgan fingerprint density at radius 2 is 2.00 bits per heavy atom. The standard InChI is InChI=1S/C17H22N2O2.ClH/c1-3-12(2)19-10-15-14-7-5-4-6-13(14)8-9-16(15)21-11-17(18)20;/h4-9,12,19H,3,10-11H2,1-2H3,(H2,18,20);1H. The molecule has 3 N–H and O–H groups in total. The summed E-state index contributed by atoms with van der Waals surface area (Å²) in [6, 6.07) is 12.5. The summed E-state index contributed by atoms with van der Waals surface area (Å²) >= 11 is 0. The fourth-order valence-corrected chi connectivity index (χ4v) is 2.20. The van der Waals surface area contributed by atoms with Crippen molar-refractivity contribution in [1.29, 1.82) is 0 Å². The summed E-state index contributed by atoms with van der Waals surface area (Å²) < 4.78 is 5.56. The van der Waals surface area contributed by atoms with Gasteiger partial charge < -0.3 is 15.8 Å². The van der Waals surface area contributed by atoms with Gasteiger partial charge in [0.2, 0.25) is 0 Å². The highest BCUT2D eigenvalue weighted by molar-refractivity contribution is 5.88. The molecule has 4 nitrogen and oxygen atoms in total. The van der Waals surface area contributed by atoms with Gasteiger partial charge in [-0.15, -0.1) is 12.4 Å². The topological polar surface area (TPSA) is 64.3 Å². The number of carbonyl (C=O) groups excluding carboxylic acids is 1. The van der Waals surface area contributed by atoms with Crippen molar-refractivity contribution in [3.8, 4) is 5.75 Å². The summed E-state index contributed by atoms with van der Waals surface area (Å²) in [4.78, 5) is 10.9. The van der Waals surface area contributed by atoms with Crippen LogP contribution < -0.4 is 15.8 Å². The maximum Gasteiger partial charge on any atom is 0.255 e. The Kier molecular flexibility index (Phi) is 7.15. The molecule has 0 spiro atoms. The number of carbonyl (C=O) groups is 1. The lowest BCUT2D eigenvalue weighted by Crippen LogP contribution is -2.25. The molecule has 0 bridgehead atoms. The predicted molar refractivity (Wildman–Crippen MR) is 92.5 cm³/mol. The molecule has 2 aromatic carbocycles. The van der Waals surface area contributed by atoms with E-state index >= 15 is 0 Å². The minimum absolute atomic E-state index is 0. The largest absolute Gasteiger partial charge is 0.483 e. The number of fused-ring (bicyclic) bond motifs is 1. The molecule has 120 valence electrons. The lowest BCUT2D eigenvalue weighted by atomic mass is 10.0. The number of nitrogens with two attached hydrogens (primary N) is 1. The number of halogens is 1. The number of amides is 1. The molecule has 0 aliphatic rings. The molecule has 2 rings (SSSR count). The van der Waals surface area contributed by atoms with E-state index in [1.807, 2.05) is 24.3 Å². The molecule has 0 heterocycles. The second-order valence-corrected chi connectivity index (χ2v) is 5.21. The van der Waals surface area contributed by atoms with Gasteiger partial charge in [-0.3, -0.25) is 4.79 Å². The van der Waals surface area contributed by atoms with Crippen LogP contribution in [-0.4, -0.2) is 18.6 Å². The first-order valence-electron chi connectivity index (χ1n) is 7.27. The monoisotopic (exact) mass is 322 g/mol. The quantitative estimate of drug-likeness (QED) is 0.823. The molecule has 0 radical (unpaired) electrons. The van der Waals surface area contributed by atoms with Crippen LogP contribution in [0.5, 0.6) is 5.75 Å². The molecule has 0 aliphatic heterocycles. The molecule has 1 atom stereocenters. The van der Waals surface area contributed by atoms with Crippen molar-refractivity contribution >= 4 is 29.1 Å². The van der Waals surface area contributed by atoms with Crippen LogP contribution >= 0.6 is 12.4 Å². The number of nitrogens with one attached hydrogen (secondary N) is 1. The molecule has 22 heavy (non-hydrogen) atoms. The average molecular weight is 323 g/mol. The van der Waals surface area contributed by atoms with E-state index in [0.717, 1.165) is 22.8 Å². The SMILES string of the molecule is CCC(C)NCc1c(OCC(N)=O)ccc2ccccc12.Cl. The number of benzene rings is 2. The summed E-state index contributed by atoms with van der Waals surface area (Å²) in [5.41, 5.74) is 6.23. The van der Waals surface area contributed by atoms with Crippen LogP contribution in [0, 0.1) is 0 Å². The number of hydrogen-bond donors (Lipinski definition) is 2. The number of ether oxygens (including phenoxy) is 1. The highest BCUT2D eigenvalue weighted by atomic mass is 35.5. The lowest BCUT2D eigenvalue weighted by molar-refractivity contribution is -0.119. The van der Waals surface area contributed by atoms with E-state index in [0.29, 0.717) is 18.3 Å². The van der Waals surface area contributed by atoms with Gasteiger partial charge in [-0.05, 0) is 30.2 Å². The Balaban J connectivity index is 0.00000242. The normalized spacial score (nSPS) is 11.7. The van der Waals surface area contributed by atoms with Crippen molar-refractivity contribution < 1.29 is 9.53 Å². The first-order chi connectivity index (χ1) is 10.1. The lowest BCUT2D eigenvalue weighted by Gasteiger charge is -2.17. The van der Waals surface area contributed by atoms with E-state index in [9.17, 15) is 4.79 Å². The van der Waals surface area contributed by atoms with Gasteiger partial charge in [0.25, 0.3) is 5.91 Å². The molecule has 0 aliphatic carbocycles. The van der Waals surface area contributed by atoms with Gasteiger partial charge >= 0.3 is 0 Å². The van der Waals surface area contributed by atoms with Gasteiger partial charge in [0.1, 0.15) is 5.75 Å². The van der Waals surface area contributed by atoms with Crippen molar-refractivity contribution in [1.82, 2.24) is 5.32 Å². The number of hydrogen-bond acceptors (Lipinski definition) is 3. The molecule has 1 unspecified atom stereocenters. The number of rotatable bonds is 7. The minimum atomic E-state index is -0.469. The molecule has 0 aromatic heterocycles. The van der Waals surface area contributed by atoms with E-state index in [4.69, 9.17) is 10.5 Å². The fraction of sp³-hybridized carbons (Fsp3) is 0.353. The van der Waals surface area contributed by atoms with Gasteiger partial charge in [0.15, 0.2) is 6.61 Å². The Hall–Kier alpha value is -1.78. The highest BCUT2D eigenvalue weighted by Gasteiger charge is 2.10. The van der Waals surface area contributed by atoms with E-state index in [1.54, 1.807) is 0 Å².